The molecular formula is C11H17N5. The molecule has 2 N–H and O–H groups in total. The minimum atomic E-state index is 0.373. The second-order valence-corrected chi connectivity index (χ2v) is 4.67. The summed E-state index contributed by atoms with van der Waals surface area (Å²) in [7, 11) is 0. The highest BCUT2D eigenvalue weighted by Crippen LogP contribution is 2.38. The lowest BCUT2D eigenvalue weighted by molar-refractivity contribution is 0.566. The van der Waals surface area contributed by atoms with Crippen LogP contribution < -0.4 is 10.6 Å². The monoisotopic (exact) mass is 219 g/mol. The topological polar surface area (TPSA) is 67.9 Å². The zero-order chi connectivity index (χ0) is 11.0. The van der Waals surface area contributed by atoms with Gasteiger partial charge in [0.05, 0.1) is 0 Å². The van der Waals surface area contributed by atoms with Gasteiger partial charge in [0.15, 0.2) is 0 Å². The Morgan fingerprint density at radius 2 is 1.75 bits per heavy atom. The lowest BCUT2D eigenvalue weighted by atomic mass is 10.1. The molecule has 2 fully saturated rings. The highest BCUT2D eigenvalue weighted by atomic mass is 15.3. The summed E-state index contributed by atoms with van der Waals surface area (Å²) in [6.45, 7) is 2.10. The van der Waals surface area contributed by atoms with Crippen molar-refractivity contribution < 1.29 is 0 Å². The van der Waals surface area contributed by atoms with Gasteiger partial charge in [0.1, 0.15) is 5.82 Å². The molecule has 2 heterocycles. The molecule has 0 atom stereocenters. The summed E-state index contributed by atoms with van der Waals surface area (Å²) in [5.74, 6) is 2.59. The van der Waals surface area contributed by atoms with E-state index in [1.54, 1.807) is 0 Å². The van der Waals surface area contributed by atoms with E-state index >= 15 is 0 Å². The molecule has 86 valence electrons. The van der Waals surface area contributed by atoms with Crippen molar-refractivity contribution in [1.82, 2.24) is 15.0 Å². The first kappa shape index (κ1) is 9.81. The molecule has 1 saturated carbocycles. The molecule has 5 nitrogen and oxygen atoms in total. The predicted octanol–water partition coefficient (Wildman–Crippen LogP) is 1.32. The second kappa shape index (κ2) is 3.88. The lowest BCUT2D eigenvalue weighted by Gasteiger charge is -2.26. The van der Waals surface area contributed by atoms with Crippen LogP contribution in [0, 0.1) is 0 Å². The van der Waals surface area contributed by atoms with Crippen molar-refractivity contribution in [2.24, 2.45) is 0 Å². The van der Waals surface area contributed by atoms with Gasteiger partial charge in [-0.1, -0.05) is 0 Å². The number of rotatable bonds is 2. The third-order valence-electron chi connectivity index (χ3n) is 3.24. The van der Waals surface area contributed by atoms with E-state index in [0.29, 0.717) is 11.9 Å². The Morgan fingerprint density at radius 3 is 2.44 bits per heavy atom. The molecule has 0 bridgehead atoms. The third-order valence-corrected chi connectivity index (χ3v) is 3.24. The number of piperidine rings is 1. The number of anilines is 2. The van der Waals surface area contributed by atoms with Gasteiger partial charge in [-0.15, -0.1) is 0 Å². The second-order valence-electron chi connectivity index (χ2n) is 4.67. The molecule has 1 saturated heterocycles. The Hall–Kier alpha value is -1.39. The van der Waals surface area contributed by atoms with Gasteiger partial charge in [-0.3, -0.25) is 0 Å². The summed E-state index contributed by atoms with van der Waals surface area (Å²) in [4.78, 5) is 15.2. The Kier molecular flexibility index (Phi) is 2.38. The molecule has 2 aliphatic rings. The third kappa shape index (κ3) is 1.94. The summed E-state index contributed by atoms with van der Waals surface area (Å²) in [6, 6.07) is 0. The van der Waals surface area contributed by atoms with Crippen LogP contribution in [0.15, 0.2) is 0 Å². The summed E-state index contributed by atoms with van der Waals surface area (Å²) in [5, 5.41) is 0. The molecule has 1 aliphatic heterocycles. The van der Waals surface area contributed by atoms with Crippen LogP contribution in [0.25, 0.3) is 0 Å². The van der Waals surface area contributed by atoms with Crippen molar-refractivity contribution in [2.75, 3.05) is 23.7 Å². The predicted molar refractivity (Wildman–Crippen MR) is 62.3 cm³/mol. The fourth-order valence-electron chi connectivity index (χ4n) is 2.16. The average Bonchev–Trinajstić information content (AvgIpc) is 3.13. The van der Waals surface area contributed by atoms with E-state index in [-0.39, 0.29) is 0 Å². The van der Waals surface area contributed by atoms with Crippen LogP contribution in [0.2, 0.25) is 0 Å². The Bertz CT molecular complexity index is 382. The minimum absolute atomic E-state index is 0.373. The van der Waals surface area contributed by atoms with E-state index in [4.69, 9.17) is 5.73 Å². The van der Waals surface area contributed by atoms with Crippen molar-refractivity contribution >= 4 is 11.9 Å². The maximum absolute atomic E-state index is 5.74. The maximum Gasteiger partial charge on any atom is 0.230 e. The smallest absolute Gasteiger partial charge is 0.230 e. The van der Waals surface area contributed by atoms with Gasteiger partial charge in [-0.25, -0.2) is 0 Å². The minimum Gasteiger partial charge on any atom is -0.368 e. The van der Waals surface area contributed by atoms with Crippen LogP contribution in [-0.2, 0) is 0 Å². The van der Waals surface area contributed by atoms with Crippen molar-refractivity contribution in [3.05, 3.63) is 5.82 Å². The molecule has 0 radical (unpaired) electrons. The summed E-state index contributed by atoms with van der Waals surface area (Å²) >= 11 is 0. The SMILES string of the molecule is Nc1nc(C2CC2)nc(N2CCCCC2)n1. The van der Waals surface area contributed by atoms with Gasteiger partial charge in [0.25, 0.3) is 0 Å². The first-order valence-corrected chi connectivity index (χ1v) is 6.09. The van der Waals surface area contributed by atoms with Gasteiger partial charge in [-0.2, -0.15) is 15.0 Å². The average molecular weight is 219 g/mol. The number of nitrogens with two attached hydrogens (primary N) is 1. The van der Waals surface area contributed by atoms with Crippen LogP contribution in [0.3, 0.4) is 0 Å². The Morgan fingerprint density at radius 1 is 1.00 bits per heavy atom. The summed E-state index contributed by atoms with van der Waals surface area (Å²) < 4.78 is 0. The first-order chi connectivity index (χ1) is 7.83. The molecule has 0 spiro atoms. The van der Waals surface area contributed by atoms with Crippen molar-refractivity contribution in [3.8, 4) is 0 Å². The first-order valence-electron chi connectivity index (χ1n) is 6.09. The summed E-state index contributed by atoms with van der Waals surface area (Å²) in [6.07, 6.45) is 6.16. The molecule has 0 amide bonds. The fourth-order valence-corrected chi connectivity index (χ4v) is 2.16. The van der Waals surface area contributed by atoms with Crippen molar-refractivity contribution in [2.45, 2.75) is 38.0 Å². The van der Waals surface area contributed by atoms with Gasteiger partial charge in [-0.05, 0) is 32.1 Å². The van der Waals surface area contributed by atoms with Crippen LogP contribution >= 0.6 is 0 Å². The van der Waals surface area contributed by atoms with E-state index in [2.05, 4.69) is 19.9 Å². The molecule has 0 aromatic carbocycles. The number of aromatic nitrogens is 3. The zero-order valence-corrected chi connectivity index (χ0v) is 9.39. The number of nitrogens with zero attached hydrogens (tertiary/aromatic N) is 4. The van der Waals surface area contributed by atoms with Gasteiger partial charge < -0.3 is 10.6 Å². The highest BCUT2D eigenvalue weighted by molar-refractivity contribution is 5.36. The van der Waals surface area contributed by atoms with E-state index in [9.17, 15) is 0 Å². The number of nitrogen functional groups attached to an aromatic ring is 1. The standard InChI is InChI=1S/C11H17N5/c12-10-13-9(8-4-5-8)14-11(15-10)16-6-2-1-3-7-16/h8H,1-7H2,(H2,12,13,14,15). The van der Waals surface area contributed by atoms with Gasteiger partial charge in [0.2, 0.25) is 11.9 Å². The molecule has 16 heavy (non-hydrogen) atoms. The quantitative estimate of drug-likeness (QED) is 0.812. The lowest BCUT2D eigenvalue weighted by Crippen LogP contribution is -2.31. The van der Waals surface area contributed by atoms with Crippen LogP contribution in [0.4, 0.5) is 11.9 Å². The van der Waals surface area contributed by atoms with E-state index < -0.39 is 0 Å². The zero-order valence-electron chi connectivity index (χ0n) is 9.39. The molecule has 1 aliphatic carbocycles. The fraction of sp³-hybridized carbons (Fsp3) is 0.727. The van der Waals surface area contributed by atoms with Crippen molar-refractivity contribution in [1.29, 1.82) is 0 Å². The van der Waals surface area contributed by atoms with Crippen LogP contribution in [0.5, 0.6) is 0 Å². The molecule has 5 heteroatoms. The molecule has 1 aromatic rings. The van der Waals surface area contributed by atoms with E-state index in [1.165, 1.54) is 32.1 Å². The Labute approximate surface area is 95.1 Å². The van der Waals surface area contributed by atoms with Gasteiger partial charge >= 0.3 is 0 Å². The van der Waals surface area contributed by atoms with Crippen molar-refractivity contribution in [3.63, 3.8) is 0 Å². The van der Waals surface area contributed by atoms with E-state index in [1.807, 2.05) is 0 Å². The number of hydrogen-bond acceptors (Lipinski definition) is 5. The molecule has 1 aromatic heterocycles. The number of hydrogen-bond donors (Lipinski definition) is 1. The van der Waals surface area contributed by atoms with E-state index in [0.717, 1.165) is 24.9 Å². The van der Waals surface area contributed by atoms with Gasteiger partial charge in [0, 0.05) is 19.0 Å². The molecular weight excluding hydrogens is 202 g/mol. The van der Waals surface area contributed by atoms with Crippen LogP contribution in [0.1, 0.15) is 43.8 Å². The normalized spacial score (nSPS) is 21.1. The van der Waals surface area contributed by atoms with Crippen LogP contribution in [-0.4, -0.2) is 28.0 Å². The maximum atomic E-state index is 5.74. The summed E-state index contributed by atoms with van der Waals surface area (Å²) in [5.41, 5.74) is 5.74. The largest absolute Gasteiger partial charge is 0.368 e. The molecule has 3 rings (SSSR count). The molecule has 0 unspecified atom stereocenters. The Balaban J connectivity index is 1.86. The highest BCUT2D eigenvalue weighted by Gasteiger charge is 2.28.